The molecule has 2 aromatic rings. The van der Waals surface area contributed by atoms with Gasteiger partial charge in [0.25, 0.3) is 0 Å². The SMILES string of the molecule is COc1ccc(-c2csnn2)c(OC)c1. The summed E-state index contributed by atoms with van der Waals surface area (Å²) in [7, 11) is 3.25. The Morgan fingerprint density at radius 2 is 2.07 bits per heavy atom. The number of methoxy groups -OCH3 is 2. The molecule has 0 N–H and O–H groups in total. The predicted molar refractivity (Wildman–Crippen MR) is 58.4 cm³/mol. The minimum absolute atomic E-state index is 0.738. The van der Waals surface area contributed by atoms with Crippen LogP contribution in [-0.4, -0.2) is 23.8 Å². The Morgan fingerprint density at radius 3 is 2.67 bits per heavy atom. The molecule has 0 spiro atoms. The van der Waals surface area contributed by atoms with Crippen LogP contribution in [0.4, 0.5) is 0 Å². The van der Waals surface area contributed by atoms with Gasteiger partial charge in [-0.1, -0.05) is 4.49 Å². The van der Waals surface area contributed by atoms with E-state index in [4.69, 9.17) is 9.47 Å². The lowest BCUT2D eigenvalue weighted by molar-refractivity contribution is 0.395. The van der Waals surface area contributed by atoms with Gasteiger partial charge in [-0.3, -0.25) is 0 Å². The molecule has 1 aromatic carbocycles. The minimum Gasteiger partial charge on any atom is -0.497 e. The van der Waals surface area contributed by atoms with E-state index < -0.39 is 0 Å². The number of aromatic nitrogens is 2. The molecule has 0 unspecified atom stereocenters. The molecule has 0 aliphatic carbocycles. The van der Waals surface area contributed by atoms with Crippen molar-refractivity contribution in [1.29, 1.82) is 0 Å². The average molecular weight is 222 g/mol. The molecule has 0 atom stereocenters. The van der Waals surface area contributed by atoms with Gasteiger partial charge in [-0.05, 0) is 23.7 Å². The van der Waals surface area contributed by atoms with Gasteiger partial charge in [0.15, 0.2) is 0 Å². The van der Waals surface area contributed by atoms with Crippen molar-refractivity contribution in [1.82, 2.24) is 9.59 Å². The summed E-state index contributed by atoms with van der Waals surface area (Å²) in [5.41, 5.74) is 1.74. The average Bonchev–Trinajstić information content (AvgIpc) is 2.81. The van der Waals surface area contributed by atoms with E-state index in [2.05, 4.69) is 9.59 Å². The fourth-order valence-corrected chi connectivity index (χ4v) is 1.75. The van der Waals surface area contributed by atoms with E-state index in [0.717, 1.165) is 22.8 Å². The van der Waals surface area contributed by atoms with Crippen molar-refractivity contribution in [3.05, 3.63) is 23.6 Å². The Hall–Kier alpha value is -1.62. The van der Waals surface area contributed by atoms with Crippen LogP contribution in [0.1, 0.15) is 0 Å². The van der Waals surface area contributed by atoms with Gasteiger partial charge in [-0.15, -0.1) is 5.10 Å². The van der Waals surface area contributed by atoms with Gasteiger partial charge in [-0.25, -0.2) is 0 Å². The summed E-state index contributed by atoms with van der Waals surface area (Å²) in [5.74, 6) is 1.50. The van der Waals surface area contributed by atoms with Crippen LogP contribution < -0.4 is 9.47 Å². The highest BCUT2D eigenvalue weighted by molar-refractivity contribution is 7.03. The van der Waals surface area contributed by atoms with Gasteiger partial charge in [0, 0.05) is 17.0 Å². The molecule has 15 heavy (non-hydrogen) atoms. The maximum atomic E-state index is 5.27. The first kappa shape index (κ1) is 9.92. The van der Waals surface area contributed by atoms with Gasteiger partial charge in [0.2, 0.25) is 0 Å². The van der Waals surface area contributed by atoms with E-state index in [-0.39, 0.29) is 0 Å². The predicted octanol–water partition coefficient (Wildman–Crippen LogP) is 2.22. The number of hydrogen-bond donors (Lipinski definition) is 0. The second kappa shape index (κ2) is 4.27. The van der Waals surface area contributed by atoms with Crippen molar-refractivity contribution in [3.8, 4) is 22.8 Å². The number of hydrogen-bond acceptors (Lipinski definition) is 5. The molecule has 5 heteroatoms. The Labute approximate surface area is 91.6 Å². The highest BCUT2D eigenvalue weighted by Gasteiger charge is 2.09. The maximum Gasteiger partial charge on any atom is 0.132 e. The Bertz CT molecular complexity index is 443. The second-order valence-electron chi connectivity index (χ2n) is 2.86. The smallest absolute Gasteiger partial charge is 0.132 e. The van der Waals surface area contributed by atoms with Gasteiger partial charge >= 0.3 is 0 Å². The monoisotopic (exact) mass is 222 g/mol. The van der Waals surface area contributed by atoms with Gasteiger partial charge in [-0.2, -0.15) is 0 Å². The topological polar surface area (TPSA) is 44.2 Å². The lowest BCUT2D eigenvalue weighted by Gasteiger charge is -2.07. The number of rotatable bonds is 3. The molecule has 0 amide bonds. The zero-order valence-corrected chi connectivity index (χ0v) is 9.25. The van der Waals surface area contributed by atoms with Crippen LogP contribution in [0.5, 0.6) is 11.5 Å². The molecule has 0 saturated heterocycles. The first-order valence-electron chi connectivity index (χ1n) is 4.34. The normalized spacial score (nSPS) is 10.0. The molecular weight excluding hydrogens is 212 g/mol. The summed E-state index contributed by atoms with van der Waals surface area (Å²) < 4.78 is 14.2. The van der Waals surface area contributed by atoms with Crippen molar-refractivity contribution in [2.45, 2.75) is 0 Å². The largest absolute Gasteiger partial charge is 0.497 e. The van der Waals surface area contributed by atoms with Crippen molar-refractivity contribution in [2.24, 2.45) is 0 Å². The molecule has 1 heterocycles. The summed E-state index contributed by atoms with van der Waals surface area (Å²) in [6.45, 7) is 0. The van der Waals surface area contributed by atoms with Crippen molar-refractivity contribution < 1.29 is 9.47 Å². The maximum absolute atomic E-state index is 5.27. The molecule has 1 aromatic heterocycles. The summed E-state index contributed by atoms with van der Waals surface area (Å²) in [6.07, 6.45) is 0. The molecular formula is C10H10N2O2S. The van der Waals surface area contributed by atoms with Gasteiger partial charge in [0.1, 0.15) is 17.2 Å². The fourth-order valence-electron chi connectivity index (χ4n) is 1.29. The minimum atomic E-state index is 0.738. The Morgan fingerprint density at radius 1 is 1.20 bits per heavy atom. The van der Waals surface area contributed by atoms with E-state index >= 15 is 0 Å². The van der Waals surface area contributed by atoms with Gasteiger partial charge in [0.05, 0.1) is 14.2 Å². The molecule has 78 valence electrons. The molecule has 4 nitrogen and oxygen atoms in total. The Kier molecular flexibility index (Phi) is 2.82. The zero-order chi connectivity index (χ0) is 10.7. The van der Waals surface area contributed by atoms with E-state index in [1.807, 2.05) is 23.6 Å². The number of nitrogens with zero attached hydrogens (tertiary/aromatic N) is 2. The van der Waals surface area contributed by atoms with Crippen molar-refractivity contribution in [3.63, 3.8) is 0 Å². The molecule has 2 rings (SSSR count). The summed E-state index contributed by atoms with van der Waals surface area (Å²) >= 11 is 1.32. The summed E-state index contributed by atoms with van der Waals surface area (Å²) in [6, 6.07) is 5.61. The van der Waals surface area contributed by atoms with Crippen LogP contribution in [0.2, 0.25) is 0 Å². The number of ether oxygens (including phenoxy) is 2. The van der Waals surface area contributed by atoms with Crippen molar-refractivity contribution in [2.75, 3.05) is 14.2 Å². The molecule has 0 aliphatic rings. The molecule has 0 aliphatic heterocycles. The third kappa shape index (κ3) is 1.92. The van der Waals surface area contributed by atoms with E-state index in [0.29, 0.717) is 0 Å². The molecule has 0 saturated carbocycles. The van der Waals surface area contributed by atoms with Gasteiger partial charge < -0.3 is 9.47 Å². The standard InChI is InChI=1S/C10H10N2O2S/c1-13-7-3-4-8(10(5-7)14-2)9-6-15-12-11-9/h3-6H,1-2H3. The third-order valence-electron chi connectivity index (χ3n) is 2.04. The van der Waals surface area contributed by atoms with Crippen LogP contribution in [0, 0.1) is 0 Å². The van der Waals surface area contributed by atoms with Crippen LogP contribution in [0.15, 0.2) is 23.6 Å². The third-order valence-corrected chi connectivity index (χ3v) is 2.55. The molecule has 0 bridgehead atoms. The fraction of sp³-hybridized carbons (Fsp3) is 0.200. The summed E-state index contributed by atoms with van der Waals surface area (Å²) in [5, 5.41) is 5.88. The zero-order valence-electron chi connectivity index (χ0n) is 8.43. The van der Waals surface area contributed by atoms with Crippen LogP contribution in [-0.2, 0) is 0 Å². The quantitative estimate of drug-likeness (QED) is 0.798. The van der Waals surface area contributed by atoms with Crippen LogP contribution in [0.25, 0.3) is 11.3 Å². The van der Waals surface area contributed by atoms with Crippen molar-refractivity contribution >= 4 is 11.5 Å². The lowest BCUT2D eigenvalue weighted by Crippen LogP contribution is -1.90. The number of benzene rings is 1. The first-order valence-corrected chi connectivity index (χ1v) is 5.18. The first-order chi connectivity index (χ1) is 7.35. The summed E-state index contributed by atoms with van der Waals surface area (Å²) in [4.78, 5) is 0. The second-order valence-corrected chi connectivity index (χ2v) is 3.47. The van der Waals surface area contributed by atoms with E-state index in [1.54, 1.807) is 14.2 Å². The van der Waals surface area contributed by atoms with E-state index in [9.17, 15) is 0 Å². The highest BCUT2D eigenvalue weighted by atomic mass is 32.1. The highest BCUT2D eigenvalue weighted by Crippen LogP contribution is 2.32. The Balaban J connectivity index is 2.48. The lowest BCUT2D eigenvalue weighted by atomic mass is 10.1. The molecule has 0 fully saturated rings. The van der Waals surface area contributed by atoms with Crippen LogP contribution >= 0.6 is 11.5 Å². The molecule has 0 radical (unpaired) electrons. The van der Waals surface area contributed by atoms with Crippen LogP contribution in [0.3, 0.4) is 0 Å². The van der Waals surface area contributed by atoms with E-state index in [1.165, 1.54) is 11.5 Å².